The van der Waals surface area contributed by atoms with Gasteiger partial charge < -0.3 is 14.5 Å². The second-order valence-electron chi connectivity index (χ2n) is 5.62. The van der Waals surface area contributed by atoms with Crippen LogP contribution in [0.2, 0.25) is 0 Å². The second-order valence-corrected chi connectivity index (χ2v) is 6.60. The molecule has 1 aromatic rings. The molecule has 1 aliphatic heterocycles. The van der Waals surface area contributed by atoms with E-state index in [1.54, 1.807) is 6.07 Å². The van der Waals surface area contributed by atoms with Gasteiger partial charge in [-0.2, -0.15) is 8.78 Å². The van der Waals surface area contributed by atoms with Crippen molar-refractivity contribution in [2.45, 2.75) is 56.4 Å². The maximum absolute atomic E-state index is 12.1. The summed E-state index contributed by atoms with van der Waals surface area (Å²) in [5, 5.41) is 3.44. The fraction of sp³-hybridized carbons (Fsp3) is 0.714. The van der Waals surface area contributed by atoms with Crippen LogP contribution in [-0.4, -0.2) is 24.0 Å². The fourth-order valence-electron chi connectivity index (χ4n) is 2.39. The molecule has 1 saturated heterocycles. The molecule has 1 atom stereocenters. The van der Waals surface area contributed by atoms with Gasteiger partial charge >= 0.3 is 0 Å². The minimum absolute atomic E-state index is 0.0852. The zero-order valence-corrected chi connectivity index (χ0v) is 12.6. The predicted molar refractivity (Wildman–Crippen MR) is 75.9 cm³/mol. The first kappa shape index (κ1) is 15.8. The Morgan fingerprint density at radius 2 is 2.15 bits per heavy atom. The summed E-state index contributed by atoms with van der Waals surface area (Å²) in [6.07, 6.45) is 1.94. The molecule has 0 aliphatic carbocycles. The third-order valence-corrected chi connectivity index (χ3v) is 4.03. The molecule has 0 aromatic carbocycles. The number of ether oxygens (including phenoxy) is 1. The molecule has 20 heavy (non-hydrogen) atoms. The second kappa shape index (κ2) is 6.91. The Hall–Kier alpha value is -0.590. The molecular weight excluding hydrogens is 284 g/mol. The predicted octanol–water partition coefficient (Wildman–Crippen LogP) is 3.78. The van der Waals surface area contributed by atoms with Crippen LogP contribution in [0.5, 0.6) is 0 Å². The van der Waals surface area contributed by atoms with Crippen molar-refractivity contribution in [3.63, 3.8) is 0 Å². The van der Waals surface area contributed by atoms with Crippen LogP contribution in [0.3, 0.4) is 0 Å². The lowest BCUT2D eigenvalue weighted by Gasteiger charge is -2.35. The van der Waals surface area contributed by atoms with Gasteiger partial charge in [-0.1, -0.05) is 11.8 Å². The zero-order valence-electron chi connectivity index (χ0n) is 11.8. The quantitative estimate of drug-likeness (QED) is 0.867. The van der Waals surface area contributed by atoms with Gasteiger partial charge in [0.1, 0.15) is 11.5 Å². The lowest BCUT2D eigenvalue weighted by atomic mass is 9.94. The summed E-state index contributed by atoms with van der Waals surface area (Å²) in [6, 6.07) is 4.02. The lowest BCUT2D eigenvalue weighted by Crippen LogP contribution is -2.43. The minimum Gasteiger partial charge on any atom is -0.464 e. The summed E-state index contributed by atoms with van der Waals surface area (Å²) in [6.45, 7) is 5.57. The van der Waals surface area contributed by atoms with Gasteiger partial charge in [0.25, 0.3) is 5.76 Å². The highest BCUT2D eigenvalue weighted by Gasteiger charge is 2.28. The van der Waals surface area contributed by atoms with Gasteiger partial charge in [0.2, 0.25) is 0 Å². The Morgan fingerprint density at radius 3 is 2.85 bits per heavy atom. The molecule has 2 rings (SSSR count). The van der Waals surface area contributed by atoms with E-state index in [9.17, 15) is 8.78 Å². The fourth-order valence-corrected chi connectivity index (χ4v) is 2.84. The van der Waals surface area contributed by atoms with E-state index in [2.05, 4.69) is 19.2 Å². The Bertz CT molecular complexity index is 423. The summed E-state index contributed by atoms with van der Waals surface area (Å²) in [5.74, 6) is -0.758. The van der Waals surface area contributed by atoms with E-state index in [1.807, 2.05) is 6.07 Å². The highest BCUT2D eigenvalue weighted by molar-refractivity contribution is 7.98. The first-order chi connectivity index (χ1) is 9.44. The van der Waals surface area contributed by atoms with Crippen LogP contribution in [0.4, 0.5) is 8.78 Å². The number of furan rings is 1. The molecule has 1 N–H and O–H groups in total. The van der Waals surface area contributed by atoms with Crippen LogP contribution in [0.15, 0.2) is 16.5 Å². The van der Waals surface area contributed by atoms with E-state index in [-0.39, 0.29) is 11.4 Å². The van der Waals surface area contributed by atoms with E-state index in [0.717, 1.165) is 25.2 Å². The van der Waals surface area contributed by atoms with Gasteiger partial charge in [-0.15, -0.1) is 0 Å². The number of thioether (sulfide) groups is 1. The third-order valence-electron chi connectivity index (χ3n) is 3.33. The Morgan fingerprint density at radius 1 is 1.40 bits per heavy atom. The van der Waals surface area contributed by atoms with Gasteiger partial charge in [0, 0.05) is 12.6 Å². The molecule has 0 amide bonds. The smallest absolute Gasteiger partial charge is 0.284 e. The first-order valence-corrected chi connectivity index (χ1v) is 7.84. The average Bonchev–Trinajstić information content (AvgIpc) is 2.81. The molecule has 3 nitrogen and oxygen atoms in total. The van der Waals surface area contributed by atoms with Crippen molar-refractivity contribution in [1.82, 2.24) is 5.32 Å². The first-order valence-electron chi connectivity index (χ1n) is 6.79. The summed E-state index contributed by atoms with van der Waals surface area (Å²) >= 11 is 0.580. The highest BCUT2D eigenvalue weighted by Crippen LogP contribution is 2.25. The summed E-state index contributed by atoms with van der Waals surface area (Å²) < 4.78 is 35.4. The summed E-state index contributed by atoms with van der Waals surface area (Å²) in [5.41, 5.74) is -0.0852. The summed E-state index contributed by atoms with van der Waals surface area (Å²) in [4.78, 5) is 0. The SMILES string of the molecule is CC1(C)CC(NCc2ccc(CSC(F)F)o2)CCO1. The standard InChI is InChI=1S/C14H21F2NO2S/c1-14(2)7-10(5-6-18-14)17-8-11-3-4-12(19-11)9-20-13(15)16/h3-4,10,13,17H,5-9H2,1-2H3. The van der Waals surface area contributed by atoms with Crippen molar-refractivity contribution >= 4 is 11.8 Å². The summed E-state index contributed by atoms with van der Waals surface area (Å²) in [7, 11) is 0. The van der Waals surface area contributed by atoms with Crippen molar-refractivity contribution in [1.29, 1.82) is 0 Å². The van der Waals surface area contributed by atoms with Crippen LogP contribution < -0.4 is 5.32 Å². The molecule has 2 heterocycles. The maximum Gasteiger partial charge on any atom is 0.284 e. The molecule has 1 unspecified atom stereocenters. The van der Waals surface area contributed by atoms with Crippen LogP contribution in [0, 0.1) is 0 Å². The van der Waals surface area contributed by atoms with Gasteiger partial charge in [0.15, 0.2) is 0 Å². The van der Waals surface area contributed by atoms with Gasteiger partial charge in [-0.05, 0) is 38.8 Å². The van der Waals surface area contributed by atoms with Crippen molar-refractivity contribution in [2.75, 3.05) is 6.61 Å². The van der Waals surface area contributed by atoms with Crippen LogP contribution in [0.25, 0.3) is 0 Å². The van der Waals surface area contributed by atoms with Crippen LogP contribution >= 0.6 is 11.8 Å². The van der Waals surface area contributed by atoms with Crippen molar-refractivity contribution in [3.05, 3.63) is 23.7 Å². The maximum atomic E-state index is 12.1. The van der Waals surface area contributed by atoms with Crippen molar-refractivity contribution in [2.24, 2.45) is 0 Å². The van der Waals surface area contributed by atoms with E-state index in [0.29, 0.717) is 30.1 Å². The normalized spacial score (nSPS) is 22.4. The van der Waals surface area contributed by atoms with Gasteiger partial charge in [-0.25, -0.2) is 0 Å². The molecule has 114 valence electrons. The topological polar surface area (TPSA) is 34.4 Å². The molecular formula is C14H21F2NO2S. The van der Waals surface area contributed by atoms with Gasteiger partial charge in [-0.3, -0.25) is 0 Å². The average molecular weight is 305 g/mol. The Balaban J connectivity index is 1.76. The molecule has 0 saturated carbocycles. The minimum atomic E-state index is -2.36. The molecule has 6 heteroatoms. The van der Waals surface area contributed by atoms with Crippen molar-refractivity contribution < 1.29 is 17.9 Å². The lowest BCUT2D eigenvalue weighted by molar-refractivity contribution is -0.0632. The largest absolute Gasteiger partial charge is 0.464 e. The van der Waals surface area contributed by atoms with Crippen LogP contribution in [0.1, 0.15) is 38.2 Å². The monoisotopic (exact) mass is 305 g/mol. The Kier molecular flexibility index (Phi) is 5.46. The number of hydrogen-bond donors (Lipinski definition) is 1. The van der Waals surface area contributed by atoms with Crippen LogP contribution in [-0.2, 0) is 17.0 Å². The third kappa shape index (κ3) is 5.07. The van der Waals surface area contributed by atoms with Gasteiger partial charge in [0.05, 0.1) is 17.9 Å². The number of hydrogen-bond acceptors (Lipinski definition) is 4. The van der Waals surface area contributed by atoms with E-state index >= 15 is 0 Å². The van der Waals surface area contributed by atoms with E-state index in [4.69, 9.17) is 9.15 Å². The number of rotatable bonds is 6. The highest BCUT2D eigenvalue weighted by atomic mass is 32.2. The van der Waals surface area contributed by atoms with E-state index < -0.39 is 5.76 Å². The molecule has 0 radical (unpaired) electrons. The Labute approximate surface area is 122 Å². The zero-order chi connectivity index (χ0) is 14.6. The number of halogens is 2. The molecule has 1 fully saturated rings. The number of nitrogens with one attached hydrogen (secondary N) is 1. The molecule has 0 spiro atoms. The molecule has 1 aliphatic rings. The number of alkyl halides is 2. The van der Waals surface area contributed by atoms with Crippen molar-refractivity contribution in [3.8, 4) is 0 Å². The molecule has 0 bridgehead atoms. The molecule has 1 aromatic heterocycles. The van der Waals surface area contributed by atoms with E-state index in [1.165, 1.54) is 0 Å².